The van der Waals surface area contributed by atoms with Crippen LogP contribution in [0.1, 0.15) is 118 Å². The van der Waals surface area contributed by atoms with Gasteiger partial charge in [0.2, 0.25) is 0 Å². The molecular weight excluding hydrogens is 436 g/mol. The molecule has 1 saturated heterocycles. The summed E-state index contributed by atoms with van der Waals surface area (Å²) in [6.45, 7) is 31.1. The fraction of sp³-hybridized carbons (Fsp3) is 0.676. The maximum atomic E-state index is 4.04. The van der Waals surface area contributed by atoms with Crippen molar-refractivity contribution in [2.75, 3.05) is 19.6 Å². The largest absolute Gasteiger partial charge is 0.300 e. The van der Waals surface area contributed by atoms with E-state index in [1.54, 1.807) is 17.2 Å². The van der Waals surface area contributed by atoms with E-state index in [0.29, 0.717) is 0 Å². The Morgan fingerprint density at radius 1 is 1.00 bits per heavy atom. The van der Waals surface area contributed by atoms with Crippen LogP contribution in [0.15, 0.2) is 48.0 Å². The fourth-order valence-electron chi connectivity index (χ4n) is 4.71. The third-order valence-electron chi connectivity index (χ3n) is 6.55. The van der Waals surface area contributed by atoms with E-state index in [-0.39, 0.29) is 0 Å². The zero-order valence-corrected chi connectivity index (χ0v) is 26.1. The van der Waals surface area contributed by atoms with Crippen molar-refractivity contribution < 1.29 is 0 Å². The van der Waals surface area contributed by atoms with Gasteiger partial charge < -0.3 is 4.90 Å². The molecule has 2 nitrogen and oxygen atoms in total. The molecule has 1 aromatic carbocycles. The van der Waals surface area contributed by atoms with Gasteiger partial charge in [0, 0.05) is 24.8 Å². The summed E-state index contributed by atoms with van der Waals surface area (Å²) < 4.78 is 0. The van der Waals surface area contributed by atoms with Gasteiger partial charge >= 0.3 is 0 Å². The van der Waals surface area contributed by atoms with Crippen molar-refractivity contribution in [3.8, 4) is 0 Å². The van der Waals surface area contributed by atoms with Gasteiger partial charge in [-0.3, -0.25) is 4.99 Å². The number of aliphatic imine (C=N–C) groups is 1. The van der Waals surface area contributed by atoms with Crippen LogP contribution in [0, 0.1) is 12.8 Å². The van der Waals surface area contributed by atoms with E-state index < -0.39 is 0 Å². The smallest absolute Gasteiger partial charge is 0.0360 e. The second-order valence-corrected chi connectivity index (χ2v) is 9.72. The summed E-state index contributed by atoms with van der Waals surface area (Å²) in [5.41, 5.74) is 6.77. The van der Waals surface area contributed by atoms with E-state index in [2.05, 4.69) is 55.1 Å². The molecular formula is C34H62N2. The van der Waals surface area contributed by atoms with Crippen molar-refractivity contribution in [3.05, 3.63) is 59.7 Å². The minimum atomic E-state index is 0.919. The molecule has 2 heteroatoms. The van der Waals surface area contributed by atoms with Crippen LogP contribution in [0.2, 0.25) is 0 Å². The molecule has 1 unspecified atom stereocenters. The van der Waals surface area contributed by atoms with Crippen molar-refractivity contribution in [2.45, 2.75) is 127 Å². The Morgan fingerprint density at radius 2 is 1.58 bits per heavy atom. The van der Waals surface area contributed by atoms with Gasteiger partial charge in [0.25, 0.3) is 0 Å². The van der Waals surface area contributed by atoms with Crippen molar-refractivity contribution in [1.29, 1.82) is 0 Å². The number of rotatable bonds is 7. The second-order valence-electron chi connectivity index (χ2n) is 9.72. The van der Waals surface area contributed by atoms with Gasteiger partial charge in [0.05, 0.1) is 0 Å². The molecule has 1 heterocycles. The van der Waals surface area contributed by atoms with Gasteiger partial charge in [-0.05, 0) is 96.7 Å². The summed E-state index contributed by atoms with van der Waals surface area (Å²) in [5.74, 6) is 0.941. The molecule has 1 aliphatic carbocycles. The van der Waals surface area contributed by atoms with E-state index >= 15 is 0 Å². The summed E-state index contributed by atoms with van der Waals surface area (Å²) in [4.78, 5) is 6.84. The number of nitrogens with zero attached hydrogens (tertiary/aromatic N) is 2. The molecule has 36 heavy (non-hydrogen) atoms. The van der Waals surface area contributed by atoms with Crippen LogP contribution in [-0.4, -0.2) is 36.3 Å². The number of hydrogen-bond acceptors (Lipinski definition) is 2. The predicted molar refractivity (Wildman–Crippen MR) is 168 cm³/mol. The van der Waals surface area contributed by atoms with Gasteiger partial charge in [0.15, 0.2) is 0 Å². The first-order chi connectivity index (χ1) is 17.3. The molecule has 0 N–H and O–H groups in total. The number of allylic oxidation sites excluding steroid dienone is 2. The van der Waals surface area contributed by atoms with Gasteiger partial charge in [-0.25, -0.2) is 0 Å². The molecule has 0 amide bonds. The number of aryl methyl sites for hydroxylation is 3. The lowest BCUT2D eigenvalue weighted by atomic mass is 9.94. The average molecular weight is 499 g/mol. The minimum Gasteiger partial charge on any atom is -0.300 e. The topological polar surface area (TPSA) is 15.6 Å². The number of hydrogen-bond donors (Lipinski definition) is 0. The first kappa shape index (κ1) is 36.5. The molecule has 208 valence electrons. The second kappa shape index (κ2) is 23.7. The van der Waals surface area contributed by atoms with Crippen LogP contribution in [0.5, 0.6) is 0 Å². The Labute approximate surface area is 227 Å². The monoisotopic (exact) mass is 498 g/mol. The van der Waals surface area contributed by atoms with Crippen LogP contribution >= 0.6 is 0 Å². The fourth-order valence-corrected chi connectivity index (χ4v) is 4.71. The maximum Gasteiger partial charge on any atom is 0.0360 e. The summed E-state index contributed by atoms with van der Waals surface area (Å²) in [6, 6.07) is 7.95. The summed E-state index contributed by atoms with van der Waals surface area (Å²) in [7, 11) is 0. The molecule has 0 aromatic heterocycles. The maximum absolute atomic E-state index is 4.04. The molecule has 2 fully saturated rings. The standard InChI is InChI=1S/C20H31N.C5H11N.C5H8.2C2H6/c1-3-18-10-8-16(2)14-19(18)11-9-17-12-13-21(15-17)20-6-4-5-7-20;1-4-6-5(2)3;1-4-5(2)3;2*1-2/h8,10,14,17,20H,3-7,9,11-13,15H2,1-2H3;4H2,1-3H3;4H,1-2H2,3H3;2*1-2H3. The molecule has 1 atom stereocenters. The molecule has 0 spiro atoms. The Hall–Kier alpha value is -1.67. The first-order valence-corrected chi connectivity index (χ1v) is 14.9. The lowest BCUT2D eigenvalue weighted by Gasteiger charge is -2.23. The van der Waals surface area contributed by atoms with Crippen LogP contribution in [0.25, 0.3) is 0 Å². The molecule has 1 aliphatic heterocycles. The van der Waals surface area contributed by atoms with Gasteiger partial charge in [0.1, 0.15) is 0 Å². The van der Waals surface area contributed by atoms with Crippen molar-refractivity contribution >= 4 is 5.71 Å². The number of likely N-dealkylation sites (tertiary alicyclic amines) is 1. The summed E-state index contributed by atoms with van der Waals surface area (Å²) in [6.07, 6.45) is 12.9. The molecule has 0 bridgehead atoms. The highest BCUT2D eigenvalue weighted by Gasteiger charge is 2.29. The van der Waals surface area contributed by atoms with Gasteiger partial charge in [-0.15, -0.1) is 0 Å². The lowest BCUT2D eigenvalue weighted by molar-refractivity contribution is 0.236. The average Bonchev–Trinajstić information content (AvgIpc) is 3.58. The Bertz CT molecular complexity index is 706. The third kappa shape index (κ3) is 16.9. The first-order valence-electron chi connectivity index (χ1n) is 14.9. The predicted octanol–water partition coefficient (Wildman–Crippen LogP) is 10.0. The van der Waals surface area contributed by atoms with Crippen LogP contribution in [0.3, 0.4) is 0 Å². The highest BCUT2D eigenvalue weighted by Crippen LogP contribution is 2.30. The van der Waals surface area contributed by atoms with Crippen molar-refractivity contribution in [1.82, 2.24) is 4.90 Å². The molecule has 1 aromatic rings. The van der Waals surface area contributed by atoms with Crippen LogP contribution < -0.4 is 0 Å². The quantitative estimate of drug-likeness (QED) is 0.270. The van der Waals surface area contributed by atoms with Crippen LogP contribution in [0.4, 0.5) is 0 Å². The summed E-state index contributed by atoms with van der Waals surface area (Å²) >= 11 is 0. The molecule has 2 aliphatic rings. The Kier molecular flexibility index (Phi) is 24.0. The van der Waals surface area contributed by atoms with Crippen molar-refractivity contribution in [2.24, 2.45) is 10.9 Å². The molecule has 0 radical (unpaired) electrons. The normalized spacial score (nSPS) is 16.6. The van der Waals surface area contributed by atoms with E-state index in [9.17, 15) is 0 Å². The van der Waals surface area contributed by atoms with E-state index in [1.807, 2.05) is 55.4 Å². The van der Waals surface area contributed by atoms with Gasteiger partial charge in [-0.1, -0.05) is 96.0 Å². The highest BCUT2D eigenvalue weighted by molar-refractivity contribution is 5.78. The number of benzene rings is 1. The zero-order chi connectivity index (χ0) is 27.9. The SMILES string of the molecule is C=CC(=C)C.CC.CC.CCN=C(C)C.CCc1ccc(C)cc1CCC1CCN(C2CCCC2)C1. The van der Waals surface area contributed by atoms with Gasteiger partial charge in [-0.2, -0.15) is 0 Å². The minimum absolute atomic E-state index is 0.919. The Morgan fingerprint density at radius 3 is 2.03 bits per heavy atom. The Balaban J connectivity index is 0. The molecule has 1 saturated carbocycles. The third-order valence-corrected chi connectivity index (χ3v) is 6.55. The highest BCUT2D eigenvalue weighted by atomic mass is 15.2. The zero-order valence-electron chi connectivity index (χ0n) is 26.1. The van der Waals surface area contributed by atoms with E-state index in [4.69, 9.17) is 0 Å². The van der Waals surface area contributed by atoms with E-state index in [0.717, 1.165) is 29.8 Å². The van der Waals surface area contributed by atoms with E-state index in [1.165, 1.54) is 70.0 Å². The van der Waals surface area contributed by atoms with Crippen LogP contribution in [-0.2, 0) is 12.8 Å². The molecule has 3 rings (SSSR count). The summed E-state index contributed by atoms with van der Waals surface area (Å²) in [5, 5.41) is 0. The lowest BCUT2D eigenvalue weighted by Crippen LogP contribution is -2.30. The van der Waals surface area contributed by atoms with Crippen molar-refractivity contribution in [3.63, 3.8) is 0 Å².